The minimum Gasteiger partial charge on any atom is -0.467 e. The highest BCUT2D eigenvalue weighted by Gasteiger charge is 2.10. The van der Waals surface area contributed by atoms with Crippen LogP contribution in [0.1, 0.15) is 29.2 Å². The van der Waals surface area contributed by atoms with Gasteiger partial charge in [-0.25, -0.2) is 4.98 Å². The highest BCUT2D eigenvalue weighted by Crippen LogP contribution is 2.17. The second kappa shape index (κ2) is 4.65. The second-order valence-corrected chi connectivity index (χ2v) is 3.54. The van der Waals surface area contributed by atoms with E-state index in [0.29, 0.717) is 5.82 Å². The van der Waals surface area contributed by atoms with Gasteiger partial charge in [-0.1, -0.05) is 0 Å². The molecule has 0 aliphatic heterocycles. The van der Waals surface area contributed by atoms with Crippen LogP contribution in [0.4, 0.5) is 5.82 Å². The van der Waals surface area contributed by atoms with Crippen LogP contribution in [0.25, 0.3) is 0 Å². The zero-order valence-electron chi connectivity index (χ0n) is 9.25. The number of amides is 1. The largest absolute Gasteiger partial charge is 0.467 e. The topological polar surface area (TPSA) is 94.0 Å². The molecule has 88 valence electrons. The Morgan fingerprint density at radius 2 is 2.35 bits per heavy atom. The molecule has 2 aromatic rings. The zero-order valence-corrected chi connectivity index (χ0v) is 9.25. The third-order valence-electron chi connectivity index (χ3n) is 2.22. The quantitative estimate of drug-likeness (QED) is 0.829. The van der Waals surface area contributed by atoms with Crippen molar-refractivity contribution in [2.24, 2.45) is 5.73 Å². The minimum absolute atomic E-state index is 0.0672. The van der Waals surface area contributed by atoms with E-state index in [-0.39, 0.29) is 11.7 Å². The standard InChI is InChI=1S/C11H12N4O2/c1-7(9-3-2-4-17-9)14-10-6-13-5-8(15-10)11(12)16/h2-7H,1H3,(H2,12,16)(H,14,15). The molecule has 2 heterocycles. The van der Waals surface area contributed by atoms with Crippen molar-refractivity contribution in [3.05, 3.63) is 42.2 Å². The number of furan rings is 1. The van der Waals surface area contributed by atoms with Crippen molar-refractivity contribution in [2.45, 2.75) is 13.0 Å². The van der Waals surface area contributed by atoms with Gasteiger partial charge in [0.2, 0.25) is 0 Å². The molecule has 1 unspecified atom stereocenters. The van der Waals surface area contributed by atoms with Gasteiger partial charge in [0.25, 0.3) is 5.91 Å². The smallest absolute Gasteiger partial charge is 0.268 e. The summed E-state index contributed by atoms with van der Waals surface area (Å²) in [7, 11) is 0. The van der Waals surface area contributed by atoms with Gasteiger partial charge < -0.3 is 15.5 Å². The van der Waals surface area contributed by atoms with Crippen molar-refractivity contribution in [3.8, 4) is 0 Å². The summed E-state index contributed by atoms with van der Waals surface area (Å²) < 4.78 is 5.24. The Morgan fingerprint density at radius 1 is 1.53 bits per heavy atom. The first-order valence-corrected chi connectivity index (χ1v) is 5.08. The maximum Gasteiger partial charge on any atom is 0.268 e. The van der Waals surface area contributed by atoms with Gasteiger partial charge in [-0.05, 0) is 19.1 Å². The monoisotopic (exact) mass is 232 g/mol. The van der Waals surface area contributed by atoms with Crippen LogP contribution in [0.15, 0.2) is 35.2 Å². The van der Waals surface area contributed by atoms with E-state index in [1.54, 1.807) is 12.3 Å². The number of primary amides is 1. The Balaban J connectivity index is 2.13. The van der Waals surface area contributed by atoms with Crippen molar-refractivity contribution < 1.29 is 9.21 Å². The predicted molar refractivity (Wildman–Crippen MR) is 61.3 cm³/mol. The van der Waals surface area contributed by atoms with Crippen molar-refractivity contribution in [3.63, 3.8) is 0 Å². The fourth-order valence-corrected chi connectivity index (χ4v) is 1.38. The molecule has 0 bridgehead atoms. The molecule has 1 amide bonds. The van der Waals surface area contributed by atoms with E-state index >= 15 is 0 Å². The van der Waals surface area contributed by atoms with E-state index in [9.17, 15) is 4.79 Å². The lowest BCUT2D eigenvalue weighted by molar-refractivity contribution is 0.0995. The van der Waals surface area contributed by atoms with Crippen LogP contribution in [0, 0.1) is 0 Å². The highest BCUT2D eigenvalue weighted by atomic mass is 16.3. The number of rotatable bonds is 4. The summed E-state index contributed by atoms with van der Waals surface area (Å²) in [5.74, 6) is 0.647. The molecule has 0 aliphatic carbocycles. The van der Waals surface area contributed by atoms with Gasteiger partial charge in [-0.2, -0.15) is 0 Å². The number of anilines is 1. The predicted octanol–water partition coefficient (Wildman–Crippen LogP) is 1.34. The summed E-state index contributed by atoms with van der Waals surface area (Å²) >= 11 is 0. The van der Waals surface area contributed by atoms with E-state index < -0.39 is 5.91 Å². The molecule has 2 aromatic heterocycles. The van der Waals surface area contributed by atoms with E-state index in [4.69, 9.17) is 10.2 Å². The van der Waals surface area contributed by atoms with E-state index in [1.165, 1.54) is 12.4 Å². The van der Waals surface area contributed by atoms with Crippen LogP contribution in [-0.2, 0) is 0 Å². The van der Waals surface area contributed by atoms with Gasteiger partial charge >= 0.3 is 0 Å². The molecule has 0 fully saturated rings. The van der Waals surface area contributed by atoms with Gasteiger partial charge in [0.1, 0.15) is 17.3 Å². The highest BCUT2D eigenvalue weighted by molar-refractivity contribution is 5.90. The van der Waals surface area contributed by atoms with Crippen LogP contribution in [-0.4, -0.2) is 15.9 Å². The van der Waals surface area contributed by atoms with Gasteiger partial charge in [-0.15, -0.1) is 0 Å². The first kappa shape index (κ1) is 11.1. The van der Waals surface area contributed by atoms with Gasteiger partial charge in [0.05, 0.1) is 24.7 Å². The number of nitrogens with two attached hydrogens (primary N) is 1. The summed E-state index contributed by atoms with van der Waals surface area (Å²) in [6, 6.07) is 3.59. The number of aromatic nitrogens is 2. The summed E-state index contributed by atoms with van der Waals surface area (Å²) in [4.78, 5) is 18.9. The number of nitrogens with one attached hydrogen (secondary N) is 1. The Hall–Kier alpha value is -2.37. The lowest BCUT2D eigenvalue weighted by atomic mass is 10.2. The van der Waals surface area contributed by atoms with Gasteiger partial charge in [-0.3, -0.25) is 9.78 Å². The Labute approximate surface area is 97.9 Å². The number of carbonyl (C=O) groups is 1. The van der Waals surface area contributed by atoms with E-state index in [2.05, 4.69) is 15.3 Å². The molecule has 0 aromatic carbocycles. The molecule has 3 N–H and O–H groups in total. The normalized spacial score (nSPS) is 12.1. The number of carbonyl (C=O) groups excluding carboxylic acids is 1. The molecule has 2 rings (SSSR count). The zero-order chi connectivity index (χ0) is 12.3. The molecule has 1 atom stereocenters. The molecule has 0 saturated heterocycles. The third-order valence-corrected chi connectivity index (χ3v) is 2.22. The van der Waals surface area contributed by atoms with Crippen molar-refractivity contribution in [1.29, 1.82) is 0 Å². The summed E-state index contributed by atoms with van der Waals surface area (Å²) in [5, 5.41) is 3.06. The van der Waals surface area contributed by atoms with Gasteiger partial charge in [0.15, 0.2) is 0 Å². The fourth-order valence-electron chi connectivity index (χ4n) is 1.38. The molecular weight excluding hydrogens is 220 g/mol. The molecule has 0 saturated carbocycles. The van der Waals surface area contributed by atoms with Gasteiger partial charge in [0, 0.05) is 0 Å². The average molecular weight is 232 g/mol. The van der Waals surface area contributed by atoms with E-state index in [0.717, 1.165) is 5.76 Å². The van der Waals surface area contributed by atoms with Crippen LogP contribution >= 0.6 is 0 Å². The average Bonchev–Trinajstić information content (AvgIpc) is 2.82. The molecule has 0 spiro atoms. The SMILES string of the molecule is CC(Nc1cncc(C(N)=O)n1)c1ccco1. The summed E-state index contributed by atoms with van der Waals surface area (Å²) in [6.45, 7) is 1.91. The van der Waals surface area contributed by atoms with Crippen molar-refractivity contribution in [1.82, 2.24) is 9.97 Å². The van der Waals surface area contributed by atoms with Crippen molar-refractivity contribution in [2.75, 3.05) is 5.32 Å². The minimum atomic E-state index is -0.605. The molecular formula is C11H12N4O2. The first-order chi connectivity index (χ1) is 8.16. The summed E-state index contributed by atoms with van der Waals surface area (Å²) in [5.41, 5.74) is 5.25. The number of nitrogens with zero attached hydrogens (tertiary/aromatic N) is 2. The molecule has 6 heteroatoms. The van der Waals surface area contributed by atoms with Crippen LogP contribution in [0.5, 0.6) is 0 Å². The van der Waals surface area contributed by atoms with Crippen LogP contribution in [0.3, 0.4) is 0 Å². The molecule has 0 radical (unpaired) electrons. The number of hydrogen-bond donors (Lipinski definition) is 2. The molecule has 0 aliphatic rings. The Morgan fingerprint density at radius 3 is 3.00 bits per heavy atom. The second-order valence-electron chi connectivity index (χ2n) is 3.54. The maximum atomic E-state index is 10.9. The third kappa shape index (κ3) is 2.60. The number of hydrogen-bond acceptors (Lipinski definition) is 5. The molecule has 17 heavy (non-hydrogen) atoms. The van der Waals surface area contributed by atoms with Crippen LogP contribution < -0.4 is 11.1 Å². The summed E-state index contributed by atoms with van der Waals surface area (Å²) in [6.07, 6.45) is 4.44. The maximum absolute atomic E-state index is 10.9. The van der Waals surface area contributed by atoms with Crippen molar-refractivity contribution >= 4 is 11.7 Å². The lowest BCUT2D eigenvalue weighted by Gasteiger charge is -2.11. The van der Waals surface area contributed by atoms with Crippen LogP contribution in [0.2, 0.25) is 0 Å². The van der Waals surface area contributed by atoms with E-state index in [1.807, 2.05) is 13.0 Å². The Bertz CT molecular complexity index is 510. The lowest BCUT2D eigenvalue weighted by Crippen LogP contribution is -2.15. The molecule has 6 nitrogen and oxygen atoms in total. The Kier molecular flexibility index (Phi) is 3.04. The fraction of sp³-hybridized carbons (Fsp3) is 0.182. The first-order valence-electron chi connectivity index (χ1n) is 5.08.